The van der Waals surface area contributed by atoms with E-state index in [9.17, 15) is 0 Å². The lowest BCUT2D eigenvalue weighted by atomic mass is 10.1. The van der Waals surface area contributed by atoms with Crippen LogP contribution in [-0.4, -0.2) is 52.9 Å². The molecule has 0 aliphatic heterocycles. The monoisotopic (exact) mass is 282 g/mol. The van der Waals surface area contributed by atoms with Gasteiger partial charge in [0.15, 0.2) is 0 Å². The number of hydrogen-bond acceptors (Lipinski definition) is 5. The third-order valence-electron chi connectivity index (χ3n) is 3.33. The third-order valence-corrected chi connectivity index (χ3v) is 3.33. The normalized spacial score (nSPS) is 10.7. The van der Waals surface area contributed by atoms with Crippen molar-refractivity contribution in [1.82, 2.24) is 10.2 Å². The number of likely N-dealkylation sites (N-methyl/N-ethyl adjacent to an activating group) is 1. The average Bonchev–Trinajstić information content (AvgIpc) is 2.50. The highest BCUT2D eigenvalue weighted by Crippen LogP contribution is 2.33. The maximum Gasteiger partial charge on any atom is 0.130 e. The van der Waals surface area contributed by atoms with Gasteiger partial charge in [0.1, 0.15) is 17.2 Å². The first kappa shape index (κ1) is 16.6. The highest BCUT2D eigenvalue weighted by molar-refractivity contribution is 5.50. The molecule has 1 aromatic carbocycles. The Morgan fingerprint density at radius 2 is 1.65 bits per heavy atom. The van der Waals surface area contributed by atoms with Crippen LogP contribution in [0.15, 0.2) is 12.1 Å². The van der Waals surface area contributed by atoms with Crippen molar-refractivity contribution in [3.63, 3.8) is 0 Å². The molecule has 0 aliphatic rings. The molecule has 0 saturated heterocycles. The van der Waals surface area contributed by atoms with Gasteiger partial charge in [-0.1, -0.05) is 6.92 Å². The topological polar surface area (TPSA) is 43.0 Å². The van der Waals surface area contributed by atoms with Crippen LogP contribution < -0.4 is 19.5 Å². The fourth-order valence-corrected chi connectivity index (χ4v) is 1.89. The summed E-state index contributed by atoms with van der Waals surface area (Å²) in [5, 5.41) is 3.41. The van der Waals surface area contributed by atoms with E-state index in [0.717, 1.165) is 42.4 Å². The van der Waals surface area contributed by atoms with Crippen LogP contribution in [0.2, 0.25) is 0 Å². The van der Waals surface area contributed by atoms with Crippen LogP contribution in [0.25, 0.3) is 0 Å². The second kappa shape index (κ2) is 8.66. The van der Waals surface area contributed by atoms with E-state index in [1.807, 2.05) is 12.1 Å². The van der Waals surface area contributed by atoms with Gasteiger partial charge < -0.3 is 24.4 Å². The fourth-order valence-electron chi connectivity index (χ4n) is 1.89. The first-order chi connectivity index (χ1) is 9.65. The number of ether oxygens (including phenoxy) is 3. The predicted octanol–water partition coefficient (Wildman–Crippen LogP) is 1.75. The van der Waals surface area contributed by atoms with E-state index in [1.54, 1.807) is 21.3 Å². The molecule has 0 aromatic heterocycles. The SMILES string of the molecule is CCN(C)CCNCc1c(OC)cc(OC)cc1OC. The molecule has 0 amide bonds. The molecule has 0 fully saturated rings. The lowest BCUT2D eigenvalue weighted by Crippen LogP contribution is -2.29. The second-order valence-corrected chi connectivity index (χ2v) is 4.58. The number of benzene rings is 1. The molecule has 1 aromatic rings. The second-order valence-electron chi connectivity index (χ2n) is 4.58. The van der Waals surface area contributed by atoms with Crippen molar-refractivity contribution in [1.29, 1.82) is 0 Å². The summed E-state index contributed by atoms with van der Waals surface area (Å²) in [7, 11) is 7.05. The van der Waals surface area contributed by atoms with Gasteiger partial charge in [0.2, 0.25) is 0 Å². The van der Waals surface area contributed by atoms with Crippen molar-refractivity contribution in [2.75, 3.05) is 48.0 Å². The van der Waals surface area contributed by atoms with Crippen LogP contribution in [0.5, 0.6) is 17.2 Å². The molecule has 5 heteroatoms. The van der Waals surface area contributed by atoms with Crippen LogP contribution in [0.4, 0.5) is 0 Å². The first-order valence-electron chi connectivity index (χ1n) is 6.84. The number of hydrogen-bond donors (Lipinski definition) is 1. The summed E-state index contributed by atoms with van der Waals surface area (Å²) in [6, 6.07) is 3.75. The quantitative estimate of drug-likeness (QED) is 0.699. The molecule has 0 spiro atoms. The molecule has 0 unspecified atom stereocenters. The summed E-state index contributed by atoms with van der Waals surface area (Å²) in [5.74, 6) is 2.28. The number of nitrogens with one attached hydrogen (secondary N) is 1. The summed E-state index contributed by atoms with van der Waals surface area (Å²) < 4.78 is 16.1. The Morgan fingerprint density at radius 3 is 2.10 bits per heavy atom. The van der Waals surface area contributed by atoms with Crippen LogP contribution in [0.1, 0.15) is 12.5 Å². The van der Waals surface area contributed by atoms with Crippen molar-refractivity contribution in [2.24, 2.45) is 0 Å². The molecule has 1 rings (SSSR count). The summed E-state index contributed by atoms with van der Waals surface area (Å²) in [6.07, 6.45) is 0. The predicted molar refractivity (Wildman–Crippen MR) is 81.0 cm³/mol. The minimum Gasteiger partial charge on any atom is -0.496 e. The molecule has 0 bridgehead atoms. The maximum absolute atomic E-state index is 5.42. The minimum atomic E-state index is 0.702. The highest BCUT2D eigenvalue weighted by atomic mass is 16.5. The molecule has 0 atom stereocenters. The van der Waals surface area contributed by atoms with Crippen molar-refractivity contribution >= 4 is 0 Å². The van der Waals surface area contributed by atoms with Gasteiger partial charge in [-0.3, -0.25) is 0 Å². The standard InChI is InChI=1S/C15H26N2O3/c1-6-17(2)8-7-16-11-13-14(19-4)9-12(18-3)10-15(13)20-5/h9-10,16H,6-8,11H2,1-5H3. The van der Waals surface area contributed by atoms with E-state index in [2.05, 4.69) is 24.2 Å². The summed E-state index contributed by atoms with van der Waals surface area (Å²) >= 11 is 0. The van der Waals surface area contributed by atoms with Gasteiger partial charge >= 0.3 is 0 Å². The number of rotatable bonds is 9. The van der Waals surface area contributed by atoms with Crippen molar-refractivity contribution < 1.29 is 14.2 Å². The largest absolute Gasteiger partial charge is 0.496 e. The Morgan fingerprint density at radius 1 is 1.05 bits per heavy atom. The lowest BCUT2D eigenvalue weighted by Gasteiger charge is -2.17. The first-order valence-corrected chi connectivity index (χ1v) is 6.84. The van der Waals surface area contributed by atoms with E-state index in [1.165, 1.54) is 0 Å². The van der Waals surface area contributed by atoms with Crippen molar-refractivity contribution in [2.45, 2.75) is 13.5 Å². The van der Waals surface area contributed by atoms with Gasteiger partial charge in [0, 0.05) is 31.8 Å². The van der Waals surface area contributed by atoms with Gasteiger partial charge in [-0.15, -0.1) is 0 Å². The van der Waals surface area contributed by atoms with Gasteiger partial charge in [-0.2, -0.15) is 0 Å². The third kappa shape index (κ3) is 4.58. The molecular weight excluding hydrogens is 256 g/mol. The zero-order valence-corrected chi connectivity index (χ0v) is 13.2. The zero-order chi connectivity index (χ0) is 15.0. The van der Waals surface area contributed by atoms with Crippen LogP contribution in [0.3, 0.4) is 0 Å². The van der Waals surface area contributed by atoms with E-state index in [4.69, 9.17) is 14.2 Å². The Hall–Kier alpha value is -1.46. The van der Waals surface area contributed by atoms with Gasteiger partial charge in [-0.05, 0) is 13.6 Å². The molecule has 5 nitrogen and oxygen atoms in total. The van der Waals surface area contributed by atoms with Crippen LogP contribution >= 0.6 is 0 Å². The van der Waals surface area contributed by atoms with Crippen LogP contribution in [-0.2, 0) is 6.54 Å². The molecule has 114 valence electrons. The fraction of sp³-hybridized carbons (Fsp3) is 0.600. The minimum absolute atomic E-state index is 0.702. The number of methoxy groups -OCH3 is 3. The van der Waals surface area contributed by atoms with E-state index < -0.39 is 0 Å². The summed E-state index contributed by atoms with van der Waals surface area (Å²) in [6.45, 7) is 5.83. The summed E-state index contributed by atoms with van der Waals surface area (Å²) in [4.78, 5) is 2.26. The van der Waals surface area contributed by atoms with E-state index >= 15 is 0 Å². The van der Waals surface area contributed by atoms with Crippen molar-refractivity contribution in [3.8, 4) is 17.2 Å². The Bertz CT molecular complexity index is 385. The molecule has 0 aliphatic carbocycles. The van der Waals surface area contributed by atoms with Crippen LogP contribution in [0, 0.1) is 0 Å². The Kier molecular flexibility index (Phi) is 7.18. The van der Waals surface area contributed by atoms with E-state index in [-0.39, 0.29) is 0 Å². The molecule has 1 N–H and O–H groups in total. The van der Waals surface area contributed by atoms with Gasteiger partial charge in [-0.25, -0.2) is 0 Å². The molecule has 0 heterocycles. The van der Waals surface area contributed by atoms with Gasteiger partial charge in [0.05, 0.1) is 26.9 Å². The highest BCUT2D eigenvalue weighted by Gasteiger charge is 2.12. The average molecular weight is 282 g/mol. The molecule has 20 heavy (non-hydrogen) atoms. The zero-order valence-electron chi connectivity index (χ0n) is 13.2. The smallest absolute Gasteiger partial charge is 0.130 e. The Labute approximate surface area is 121 Å². The lowest BCUT2D eigenvalue weighted by molar-refractivity contribution is 0.344. The molecule has 0 saturated carbocycles. The molecule has 0 radical (unpaired) electrons. The van der Waals surface area contributed by atoms with Crippen molar-refractivity contribution in [3.05, 3.63) is 17.7 Å². The number of nitrogens with zero attached hydrogens (tertiary/aromatic N) is 1. The summed E-state index contributed by atoms with van der Waals surface area (Å²) in [5.41, 5.74) is 1.01. The molecular formula is C15H26N2O3. The van der Waals surface area contributed by atoms with Gasteiger partial charge in [0.25, 0.3) is 0 Å². The Balaban J connectivity index is 2.72. The van der Waals surface area contributed by atoms with E-state index in [0.29, 0.717) is 6.54 Å². The maximum atomic E-state index is 5.42.